The van der Waals surface area contributed by atoms with E-state index >= 15 is 0 Å². The van der Waals surface area contributed by atoms with Crippen LogP contribution >= 0.6 is 0 Å². The maximum Gasteiger partial charge on any atom is 0.408 e. The molecule has 0 fully saturated rings. The molecule has 2 atom stereocenters. The molecule has 0 aromatic rings. The van der Waals surface area contributed by atoms with Gasteiger partial charge in [-0.1, -0.05) is 20.8 Å². The van der Waals surface area contributed by atoms with Crippen molar-refractivity contribution >= 4 is 17.7 Å². The fraction of sp³-hybridized carbons (Fsp3) is 0.800. The first-order valence-electron chi connectivity index (χ1n) is 7.00. The van der Waals surface area contributed by atoms with Gasteiger partial charge in [-0.25, -0.2) is 4.79 Å². The summed E-state index contributed by atoms with van der Waals surface area (Å²) in [7, 11) is 0. The third kappa shape index (κ3) is 7.26. The highest BCUT2D eigenvalue weighted by Gasteiger charge is 2.25. The number of alkyl carbamates (subject to hydrolysis) is 1. The molecular weight excluding hydrogens is 258 g/mol. The highest BCUT2D eigenvalue weighted by Crippen LogP contribution is 2.12. The number of hydrogen-bond donors (Lipinski definition) is 1. The zero-order chi connectivity index (χ0) is 16.1. The van der Waals surface area contributed by atoms with E-state index in [1.807, 2.05) is 13.8 Å². The Morgan fingerprint density at radius 2 is 1.55 bits per heavy atom. The molecule has 20 heavy (non-hydrogen) atoms. The number of rotatable bonds is 6. The third-order valence-electron chi connectivity index (χ3n) is 2.78. The molecule has 5 nitrogen and oxygen atoms in total. The monoisotopic (exact) mass is 285 g/mol. The van der Waals surface area contributed by atoms with Gasteiger partial charge in [0.05, 0.1) is 6.04 Å². The van der Waals surface area contributed by atoms with Crippen LogP contribution in [0.3, 0.4) is 0 Å². The van der Waals surface area contributed by atoms with E-state index in [2.05, 4.69) is 5.32 Å². The van der Waals surface area contributed by atoms with Gasteiger partial charge in [-0.15, -0.1) is 0 Å². The SMILES string of the molecule is CC(C)C(=O)[C@H](C)CC(=O)[C@H](C)NC(=O)OC(C)(C)C. The molecule has 0 aliphatic rings. The van der Waals surface area contributed by atoms with Crippen molar-refractivity contribution in [2.45, 2.75) is 66.5 Å². The lowest BCUT2D eigenvalue weighted by Crippen LogP contribution is -2.42. The van der Waals surface area contributed by atoms with Gasteiger partial charge in [0, 0.05) is 18.3 Å². The third-order valence-corrected chi connectivity index (χ3v) is 2.78. The Labute approximate surface area is 121 Å². The van der Waals surface area contributed by atoms with Crippen LogP contribution in [0.5, 0.6) is 0 Å². The van der Waals surface area contributed by atoms with Crippen molar-refractivity contribution < 1.29 is 19.1 Å². The summed E-state index contributed by atoms with van der Waals surface area (Å²) in [5, 5.41) is 2.49. The van der Waals surface area contributed by atoms with Gasteiger partial charge in [0.15, 0.2) is 5.78 Å². The van der Waals surface area contributed by atoms with E-state index in [1.165, 1.54) is 0 Å². The van der Waals surface area contributed by atoms with E-state index in [0.717, 1.165) is 0 Å². The Hall–Kier alpha value is -1.39. The minimum absolute atomic E-state index is 0.0582. The van der Waals surface area contributed by atoms with Crippen LogP contribution in [0, 0.1) is 11.8 Å². The Morgan fingerprint density at radius 1 is 1.05 bits per heavy atom. The topological polar surface area (TPSA) is 72.5 Å². The van der Waals surface area contributed by atoms with Crippen LogP contribution in [0.2, 0.25) is 0 Å². The van der Waals surface area contributed by atoms with E-state index in [9.17, 15) is 14.4 Å². The van der Waals surface area contributed by atoms with Gasteiger partial charge in [-0.05, 0) is 27.7 Å². The molecule has 0 bridgehead atoms. The number of ether oxygens (including phenoxy) is 1. The fourth-order valence-corrected chi connectivity index (χ4v) is 1.71. The molecule has 0 aliphatic heterocycles. The smallest absolute Gasteiger partial charge is 0.408 e. The molecule has 0 aromatic heterocycles. The molecule has 0 spiro atoms. The van der Waals surface area contributed by atoms with Gasteiger partial charge in [0.1, 0.15) is 11.4 Å². The highest BCUT2D eigenvalue weighted by atomic mass is 16.6. The van der Waals surface area contributed by atoms with Gasteiger partial charge in [0.2, 0.25) is 0 Å². The van der Waals surface area contributed by atoms with Gasteiger partial charge < -0.3 is 10.1 Å². The van der Waals surface area contributed by atoms with Crippen molar-refractivity contribution in [1.82, 2.24) is 5.32 Å². The van der Waals surface area contributed by atoms with Crippen molar-refractivity contribution in [3.8, 4) is 0 Å². The molecular formula is C15H27NO4. The largest absolute Gasteiger partial charge is 0.444 e. The zero-order valence-electron chi connectivity index (χ0n) is 13.6. The van der Waals surface area contributed by atoms with Gasteiger partial charge in [-0.2, -0.15) is 0 Å². The number of carbonyl (C=O) groups is 3. The van der Waals surface area contributed by atoms with Crippen LogP contribution in [0.25, 0.3) is 0 Å². The molecule has 1 N–H and O–H groups in total. The van der Waals surface area contributed by atoms with Crippen molar-refractivity contribution in [1.29, 1.82) is 0 Å². The Bertz CT molecular complexity index is 369. The minimum Gasteiger partial charge on any atom is -0.444 e. The van der Waals surface area contributed by atoms with Crippen molar-refractivity contribution in [2.75, 3.05) is 0 Å². The summed E-state index contributed by atoms with van der Waals surface area (Å²) in [5.74, 6) is -0.530. The van der Waals surface area contributed by atoms with Crippen LogP contribution in [0.15, 0.2) is 0 Å². The summed E-state index contributed by atoms with van der Waals surface area (Å²) in [5.41, 5.74) is -0.603. The van der Waals surface area contributed by atoms with Crippen LogP contribution in [-0.2, 0) is 14.3 Å². The Kier molecular flexibility index (Phi) is 6.89. The quantitative estimate of drug-likeness (QED) is 0.814. The molecule has 0 saturated carbocycles. The molecule has 0 saturated heterocycles. The van der Waals surface area contributed by atoms with Gasteiger partial charge in [-0.3, -0.25) is 9.59 Å². The summed E-state index contributed by atoms with van der Waals surface area (Å²) < 4.78 is 5.08. The predicted octanol–water partition coefficient (Wildman–Crippen LogP) is 2.72. The van der Waals surface area contributed by atoms with Crippen LogP contribution in [-0.4, -0.2) is 29.3 Å². The normalized spacial score (nSPS) is 14.6. The maximum absolute atomic E-state index is 12.0. The number of nitrogens with one attached hydrogen (secondary N) is 1. The van der Waals surface area contributed by atoms with Gasteiger partial charge >= 0.3 is 6.09 Å². The first-order chi connectivity index (χ1) is 8.94. The molecule has 0 aromatic carbocycles. The standard InChI is InChI=1S/C15H27NO4/c1-9(2)13(18)10(3)8-12(17)11(4)16-14(19)20-15(5,6)7/h9-11H,8H2,1-7H3,(H,16,19)/t10-,11+/m1/s1. The summed E-state index contributed by atoms with van der Waals surface area (Å²) in [6.45, 7) is 12.2. The summed E-state index contributed by atoms with van der Waals surface area (Å²) in [6.07, 6.45) is -0.491. The predicted molar refractivity (Wildman–Crippen MR) is 77.5 cm³/mol. The second kappa shape index (κ2) is 7.41. The number of hydrogen-bond acceptors (Lipinski definition) is 4. The number of ketones is 2. The minimum atomic E-state index is -0.660. The molecule has 0 unspecified atom stereocenters. The van der Waals surface area contributed by atoms with Crippen LogP contribution < -0.4 is 5.32 Å². The average Bonchev–Trinajstić information content (AvgIpc) is 2.24. The Balaban J connectivity index is 4.36. The van der Waals surface area contributed by atoms with E-state index in [4.69, 9.17) is 4.74 Å². The van der Waals surface area contributed by atoms with Crippen molar-refractivity contribution in [3.05, 3.63) is 0 Å². The first-order valence-corrected chi connectivity index (χ1v) is 7.00. The van der Waals surface area contributed by atoms with E-state index in [1.54, 1.807) is 34.6 Å². The van der Waals surface area contributed by atoms with Crippen molar-refractivity contribution in [2.24, 2.45) is 11.8 Å². The van der Waals surface area contributed by atoms with E-state index < -0.39 is 17.7 Å². The lowest BCUT2D eigenvalue weighted by Gasteiger charge is -2.22. The van der Waals surface area contributed by atoms with E-state index in [-0.39, 0.29) is 29.8 Å². The summed E-state index contributed by atoms with van der Waals surface area (Å²) in [6, 6.07) is -0.660. The molecule has 1 amide bonds. The molecule has 0 rings (SSSR count). The molecule has 0 radical (unpaired) electrons. The maximum atomic E-state index is 12.0. The molecule has 0 aliphatic carbocycles. The lowest BCUT2D eigenvalue weighted by molar-refractivity contribution is -0.130. The van der Waals surface area contributed by atoms with E-state index in [0.29, 0.717) is 0 Å². The second-order valence-electron chi connectivity index (χ2n) is 6.50. The van der Waals surface area contributed by atoms with Crippen LogP contribution in [0.1, 0.15) is 54.9 Å². The molecule has 116 valence electrons. The zero-order valence-corrected chi connectivity index (χ0v) is 13.6. The summed E-state index contributed by atoms with van der Waals surface area (Å²) in [4.78, 5) is 35.3. The van der Waals surface area contributed by atoms with Crippen molar-refractivity contribution in [3.63, 3.8) is 0 Å². The second-order valence-corrected chi connectivity index (χ2v) is 6.50. The number of Topliss-reactive ketones (excluding diaryl/α,β-unsaturated/α-hetero) is 2. The lowest BCUT2D eigenvalue weighted by atomic mass is 9.91. The van der Waals surface area contributed by atoms with Crippen LogP contribution in [0.4, 0.5) is 4.79 Å². The number of amides is 1. The fourth-order valence-electron chi connectivity index (χ4n) is 1.71. The Morgan fingerprint density at radius 3 is 1.95 bits per heavy atom. The average molecular weight is 285 g/mol. The molecule has 5 heteroatoms. The van der Waals surface area contributed by atoms with Gasteiger partial charge in [0.25, 0.3) is 0 Å². The first kappa shape index (κ1) is 18.6. The summed E-state index contributed by atoms with van der Waals surface area (Å²) >= 11 is 0. The molecule has 0 heterocycles. The highest BCUT2D eigenvalue weighted by molar-refractivity contribution is 5.92. The number of carbonyl (C=O) groups excluding carboxylic acids is 3.